The third-order valence-corrected chi connectivity index (χ3v) is 5.39. The predicted molar refractivity (Wildman–Crippen MR) is 75.5 cm³/mol. The molecular formula is C12H24N4O2S. The summed E-state index contributed by atoms with van der Waals surface area (Å²) < 4.78 is 24.8. The van der Waals surface area contributed by atoms with Crippen molar-refractivity contribution < 1.29 is 8.42 Å². The Hall–Kier alpha value is -0.950. The average Bonchev–Trinajstić information content (AvgIpc) is 2.70. The van der Waals surface area contributed by atoms with E-state index in [1.54, 1.807) is 31.6 Å². The topological polar surface area (TPSA) is 76.9 Å². The third kappa shape index (κ3) is 4.91. The molecule has 0 aliphatic heterocycles. The van der Waals surface area contributed by atoms with E-state index in [1.807, 2.05) is 0 Å². The van der Waals surface area contributed by atoms with Crippen LogP contribution >= 0.6 is 0 Å². The van der Waals surface area contributed by atoms with Gasteiger partial charge in [-0.2, -0.15) is 0 Å². The van der Waals surface area contributed by atoms with Crippen LogP contribution in [0.2, 0.25) is 0 Å². The van der Waals surface area contributed by atoms with E-state index in [1.165, 1.54) is 0 Å². The maximum atomic E-state index is 12.0. The zero-order valence-electron chi connectivity index (χ0n) is 12.3. The first-order chi connectivity index (χ1) is 8.62. The average molecular weight is 288 g/mol. The molecule has 0 aliphatic carbocycles. The Labute approximate surface area is 115 Å². The van der Waals surface area contributed by atoms with Crippen LogP contribution in [0, 0.1) is 0 Å². The number of hydrogen-bond acceptors (Lipinski definition) is 5. The van der Waals surface area contributed by atoms with Gasteiger partial charge in [0.05, 0.1) is 22.7 Å². The number of aryl methyl sites for hydroxylation is 1. The molecule has 1 aromatic rings. The van der Waals surface area contributed by atoms with E-state index < -0.39 is 14.6 Å². The first-order valence-corrected chi connectivity index (χ1v) is 8.12. The van der Waals surface area contributed by atoms with Gasteiger partial charge >= 0.3 is 0 Å². The number of hydrogen-bond donors (Lipinski definition) is 1. The van der Waals surface area contributed by atoms with Crippen LogP contribution in [0.3, 0.4) is 0 Å². The third-order valence-electron chi connectivity index (χ3n) is 2.80. The monoisotopic (exact) mass is 288 g/mol. The lowest BCUT2D eigenvalue weighted by Gasteiger charge is -2.18. The molecule has 6 nitrogen and oxygen atoms in total. The van der Waals surface area contributed by atoms with Crippen molar-refractivity contribution >= 4 is 9.84 Å². The van der Waals surface area contributed by atoms with Gasteiger partial charge in [-0.05, 0) is 20.8 Å². The zero-order chi connectivity index (χ0) is 14.7. The Morgan fingerprint density at radius 3 is 2.53 bits per heavy atom. The molecule has 0 amide bonds. The van der Waals surface area contributed by atoms with E-state index in [2.05, 4.69) is 29.5 Å². The standard InChI is InChI=1S/C12H24N4O2S/c1-10(2)13-8-11-9-16(15-14-11)6-7-19(17,18)12(3,4)5/h9-10,13H,6-8H2,1-5H3. The van der Waals surface area contributed by atoms with Gasteiger partial charge in [0.25, 0.3) is 0 Å². The number of sulfone groups is 1. The Morgan fingerprint density at radius 2 is 2.00 bits per heavy atom. The van der Waals surface area contributed by atoms with Crippen molar-refractivity contribution in [2.75, 3.05) is 5.75 Å². The van der Waals surface area contributed by atoms with Crippen molar-refractivity contribution in [2.45, 2.75) is 58.5 Å². The smallest absolute Gasteiger partial charge is 0.157 e. The first kappa shape index (κ1) is 16.1. The molecule has 0 saturated carbocycles. The zero-order valence-corrected chi connectivity index (χ0v) is 13.2. The van der Waals surface area contributed by atoms with Gasteiger partial charge < -0.3 is 5.32 Å². The Morgan fingerprint density at radius 1 is 1.37 bits per heavy atom. The molecule has 1 rings (SSSR count). The fourth-order valence-electron chi connectivity index (χ4n) is 1.36. The van der Waals surface area contributed by atoms with Gasteiger partial charge in [-0.1, -0.05) is 19.1 Å². The van der Waals surface area contributed by atoms with Crippen LogP contribution in [0.15, 0.2) is 6.20 Å². The van der Waals surface area contributed by atoms with Gasteiger partial charge in [0, 0.05) is 18.8 Å². The molecule has 7 heteroatoms. The van der Waals surface area contributed by atoms with E-state index in [9.17, 15) is 8.42 Å². The molecule has 0 aliphatic rings. The highest BCUT2D eigenvalue weighted by molar-refractivity contribution is 7.92. The van der Waals surface area contributed by atoms with Gasteiger partial charge in [0.2, 0.25) is 0 Å². The SMILES string of the molecule is CC(C)NCc1cn(CCS(=O)(=O)C(C)(C)C)nn1. The molecule has 0 bridgehead atoms. The van der Waals surface area contributed by atoms with Crippen LogP contribution < -0.4 is 5.32 Å². The van der Waals surface area contributed by atoms with Crippen LogP contribution in [-0.4, -0.2) is 40.0 Å². The van der Waals surface area contributed by atoms with Crippen molar-refractivity contribution in [3.63, 3.8) is 0 Å². The molecule has 0 unspecified atom stereocenters. The normalized spacial score (nSPS) is 13.2. The first-order valence-electron chi connectivity index (χ1n) is 6.46. The second-order valence-corrected chi connectivity index (χ2v) is 8.80. The van der Waals surface area contributed by atoms with Crippen molar-refractivity contribution in [1.29, 1.82) is 0 Å². The predicted octanol–water partition coefficient (Wildman–Crippen LogP) is 0.989. The molecule has 110 valence electrons. The molecule has 0 saturated heterocycles. The van der Waals surface area contributed by atoms with Crippen molar-refractivity contribution in [2.24, 2.45) is 0 Å². The summed E-state index contributed by atoms with van der Waals surface area (Å²) in [5, 5.41) is 11.2. The number of nitrogens with one attached hydrogen (secondary N) is 1. The van der Waals surface area contributed by atoms with Gasteiger partial charge in [0.1, 0.15) is 0 Å². The van der Waals surface area contributed by atoms with Gasteiger partial charge in [-0.3, -0.25) is 4.68 Å². The minimum atomic E-state index is -3.12. The highest BCUT2D eigenvalue weighted by Crippen LogP contribution is 2.16. The van der Waals surface area contributed by atoms with Crippen molar-refractivity contribution in [3.05, 3.63) is 11.9 Å². The highest BCUT2D eigenvalue weighted by Gasteiger charge is 2.28. The summed E-state index contributed by atoms with van der Waals surface area (Å²) in [6.07, 6.45) is 1.79. The minimum Gasteiger partial charge on any atom is -0.309 e. The summed E-state index contributed by atoms with van der Waals surface area (Å²) in [4.78, 5) is 0. The van der Waals surface area contributed by atoms with Crippen LogP contribution in [-0.2, 0) is 22.9 Å². The van der Waals surface area contributed by atoms with Crippen LogP contribution in [0.4, 0.5) is 0 Å². The van der Waals surface area contributed by atoms with Crippen LogP contribution in [0.5, 0.6) is 0 Å². The Balaban J connectivity index is 2.56. The van der Waals surface area contributed by atoms with E-state index in [-0.39, 0.29) is 5.75 Å². The fourth-order valence-corrected chi connectivity index (χ4v) is 2.40. The van der Waals surface area contributed by atoms with E-state index in [0.717, 1.165) is 5.69 Å². The van der Waals surface area contributed by atoms with Crippen LogP contribution in [0.1, 0.15) is 40.3 Å². The molecular weight excluding hydrogens is 264 g/mol. The number of nitrogens with zero attached hydrogens (tertiary/aromatic N) is 3. The molecule has 0 fully saturated rings. The Kier molecular flexibility index (Phi) is 5.09. The molecule has 19 heavy (non-hydrogen) atoms. The summed E-state index contributed by atoms with van der Waals surface area (Å²) in [5.74, 6) is 0.0803. The lowest BCUT2D eigenvalue weighted by atomic mass is 10.3. The molecule has 0 atom stereocenters. The molecule has 1 heterocycles. The quantitative estimate of drug-likeness (QED) is 0.844. The molecule has 0 aromatic carbocycles. The summed E-state index contributed by atoms with van der Waals surface area (Å²) in [6, 6.07) is 0.381. The maximum Gasteiger partial charge on any atom is 0.157 e. The number of aromatic nitrogens is 3. The van der Waals surface area contributed by atoms with Gasteiger partial charge in [0.15, 0.2) is 9.84 Å². The fraction of sp³-hybridized carbons (Fsp3) is 0.833. The second-order valence-electron chi connectivity index (χ2n) is 5.94. The largest absolute Gasteiger partial charge is 0.309 e. The van der Waals surface area contributed by atoms with E-state index in [0.29, 0.717) is 19.1 Å². The van der Waals surface area contributed by atoms with E-state index in [4.69, 9.17) is 0 Å². The Bertz CT molecular complexity index is 500. The number of rotatable bonds is 6. The van der Waals surface area contributed by atoms with Gasteiger partial charge in [-0.25, -0.2) is 8.42 Å². The summed E-state index contributed by atoms with van der Waals surface area (Å²) in [7, 11) is -3.12. The van der Waals surface area contributed by atoms with Crippen molar-refractivity contribution in [3.8, 4) is 0 Å². The molecule has 0 radical (unpaired) electrons. The minimum absolute atomic E-state index is 0.0803. The molecule has 0 spiro atoms. The van der Waals surface area contributed by atoms with E-state index >= 15 is 0 Å². The maximum absolute atomic E-state index is 12.0. The summed E-state index contributed by atoms with van der Waals surface area (Å²) in [5.41, 5.74) is 0.821. The summed E-state index contributed by atoms with van der Waals surface area (Å²) in [6.45, 7) is 10.2. The summed E-state index contributed by atoms with van der Waals surface area (Å²) >= 11 is 0. The second kappa shape index (κ2) is 6.00. The molecule has 1 N–H and O–H groups in total. The highest BCUT2D eigenvalue weighted by atomic mass is 32.2. The lowest BCUT2D eigenvalue weighted by Crippen LogP contribution is -2.32. The van der Waals surface area contributed by atoms with Crippen molar-refractivity contribution in [1.82, 2.24) is 20.3 Å². The van der Waals surface area contributed by atoms with Crippen LogP contribution in [0.25, 0.3) is 0 Å². The molecule has 1 aromatic heterocycles. The van der Waals surface area contributed by atoms with Gasteiger partial charge in [-0.15, -0.1) is 5.10 Å². The lowest BCUT2D eigenvalue weighted by molar-refractivity contribution is 0.545.